The molecule has 7 heteroatoms. The average Bonchev–Trinajstić information content (AvgIpc) is 1.81. The van der Waals surface area contributed by atoms with Crippen LogP contribution in [0.25, 0.3) is 0 Å². The summed E-state index contributed by atoms with van der Waals surface area (Å²) in [6, 6.07) is 5.55. The van der Waals surface area contributed by atoms with Crippen LogP contribution in [-0.4, -0.2) is 22.5 Å². The van der Waals surface area contributed by atoms with Crippen molar-refractivity contribution in [2.75, 3.05) is 0 Å². The van der Waals surface area contributed by atoms with E-state index < -0.39 is 10.4 Å². The molecule has 2 N–H and O–H groups in total. The summed E-state index contributed by atoms with van der Waals surface area (Å²) in [6.07, 6.45) is 0. The molecule has 1 aromatic heterocycles. The van der Waals surface area contributed by atoms with E-state index in [0.717, 1.165) is 5.69 Å². The molecule has 0 aliphatic carbocycles. The first-order valence-electron chi connectivity index (χ1n) is 3.08. The number of hydrogen-bond acceptors (Lipinski definition) is 3. The van der Waals surface area contributed by atoms with E-state index in [4.69, 9.17) is 29.1 Å². The van der Waals surface area contributed by atoms with Gasteiger partial charge in [0.1, 0.15) is 5.15 Å². The molecule has 0 bridgehead atoms. The third-order valence-corrected chi connectivity index (χ3v) is 1.06. The van der Waals surface area contributed by atoms with Gasteiger partial charge in [-0.05, 0) is 19.1 Å². The molecule has 1 rings (SSSR count). The molecule has 0 saturated heterocycles. The van der Waals surface area contributed by atoms with Crippen LogP contribution in [0.2, 0.25) is 5.15 Å². The van der Waals surface area contributed by atoms with Crippen LogP contribution < -0.4 is 0 Å². The van der Waals surface area contributed by atoms with Crippen molar-refractivity contribution in [3.63, 3.8) is 0 Å². The van der Waals surface area contributed by atoms with Crippen LogP contribution in [0.5, 0.6) is 0 Å². The van der Waals surface area contributed by atoms with Gasteiger partial charge >= 0.3 is 10.4 Å². The Balaban J connectivity index is 0.000000252. The molecule has 1 heterocycles. The van der Waals surface area contributed by atoms with Crippen molar-refractivity contribution in [3.05, 3.63) is 29.0 Å². The monoisotopic (exact) mass is 225 g/mol. The average molecular weight is 226 g/mol. The predicted octanol–water partition coefficient (Wildman–Crippen LogP) is 1.39. The molecule has 1 aromatic rings. The van der Waals surface area contributed by atoms with Gasteiger partial charge in [0.15, 0.2) is 0 Å². The Morgan fingerprint density at radius 2 is 1.85 bits per heavy atom. The molecule has 0 spiro atoms. The molecule has 0 aliphatic rings. The molecule has 0 unspecified atom stereocenters. The minimum absolute atomic E-state index is 0.560. The van der Waals surface area contributed by atoms with E-state index in [-0.39, 0.29) is 0 Å². The highest BCUT2D eigenvalue weighted by Gasteiger charge is 1.85. The third-order valence-electron chi connectivity index (χ3n) is 0.854. The van der Waals surface area contributed by atoms with E-state index in [0.29, 0.717) is 5.15 Å². The van der Waals surface area contributed by atoms with Gasteiger partial charge in [-0.15, -0.1) is 0 Å². The van der Waals surface area contributed by atoms with Crippen molar-refractivity contribution in [1.29, 1.82) is 0 Å². The van der Waals surface area contributed by atoms with Gasteiger partial charge in [0.05, 0.1) is 0 Å². The van der Waals surface area contributed by atoms with Crippen LogP contribution in [-0.2, 0) is 10.4 Å². The van der Waals surface area contributed by atoms with E-state index in [1.54, 1.807) is 6.07 Å². The Kier molecular flexibility index (Phi) is 4.86. The summed E-state index contributed by atoms with van der Waals surface area (Å²) in [5.74, 6) is 0. The topological polar surface area (TPSA) is 87.5 Å². The van der Waals surface area contributed by atoms with Crippen LogP contribution in [0, 0.1) is 6.92 Å². The maximum absolute atomic E-state index is 8.74. The van der Waals surface area contributed by atoms with E-state index in [1.165, 1.54) is 0 Å². The highest BCUT2D eigenvalue weighted by molar-refractivity contribution is 7.79. The van der Waals surface area contributed by atoms with Gasteiger partial charge in [0, 0.05) is 5.69 Å². The maximum atomic E-state index is 8.74. The molecule has 0 saturated carbocycles. The predicted molar refractivity (Wildman–Crippen MR) is 48.2 cm³/mol. The van der Waals surface area contributed by atoms with Gasteiger partial charge < -0.3 is 0 Å². The standard InChI is InChI=1S/C6H6ClN.H2O4S/c1-5-3-2-4-6(7)8-5;1-5(2,3)4/h2-4H,1H3;(H2,1,2,3,4). The lowest BCUT2D eigenvalue weighted by molar-refractivity contribution is 0.381. The largest absolute Gasteiger partial charge is 0.394 e. The van der Waals surface area contributed by atoms with Crippen molar-refractivity contribution < 1.29 is 17.5 Å². The molecule has 0 radical (unpaired) electrons. The van der Waals surface area contributed by atoms with E-state index in [1.807, 2.05) is 19.1 Å². The number of rotatable bonds is 0. The summed E-state index contributed by atoms with van der Waals surface area (Å²) in [4.78, 5) is 3.94. The number of halogens is 1. The lowest BCUT2D eigenvalue weighted by Gasteiger charge is -1.88. The highest BCUT2D eigenvalue weighted by atomic mass is 35.5. The first-order chi connectivity index (χ1) is 5.79. The Labute approximate surface area is 81.0 Å². The SMILES string of the molecule is Cc1cccc(Cl)n1.O=S(=O)(O)O. The van der Waals surface area contributed by atoms with Crippen LogP contribution >= 0.6 is 11.6 Å². The molecule has 0 aromatic carbocycles. The molecule has 0 atom stereocenters. The first-order valence-corrected chi connectivity index (χ1v) is 4.85. The van der Waals surface area contributed by atoms with Gasteiger partial charge in [-0.2, -0.15) is 8.42 Å². The fourth-order valence-electron chi connectivity index (χ4n) is 0.510. The van der Waals surface area contributed by atoms with Crippen LogP contribution in [0.3, 0.4) is 0 Å². The zero-order chi connectivity index (χ0) is 10.5. The van der Waals surface area contributed by atoms with E-state index in [9.17, 15) is 0 Å². The number of aryl methyl sites for hydroxylation is 1. The normalized spacial score (nSPS) is 10.2. The third kappa shape index (κ3) is 11.3. The molecule has 0 fully saturated rings. The van der Waals surface area contributed by atoms with Gasteiger partial charge in [-0.1, -0.05) is 17.7 Å². The van der Waals surface area contributed by atoms with Crippen molar-refractivity contribution in [1.82, 2.24) is 4.98 Å². The van der Waals surface area contributed by atoms with Gasteiger partial charge in [-0.3, -0.25) is 9.11 Å². The molecule has 0 aliphatic heterocycles. The fraction of sp³-hybridized carbons (Fsp3) is 0.167. The van der Waals surface area contributed by atoms with E-state index in [2.05, 4.69) is 4.98 Å². The Morgan fingerprint density at radius 3 is 2.08 bits per heavy atom. The van der Waals surface area contributed by atoms with Gasteiger partial charge in [-0.25, -0.2) is 4.98 Å². The molecular weight excluding hydrogens is 218 g/mol. The van der Waals surface area contributed by atoms with Crippen molar-refractivity contribution >= 4 is 22.0 Å². The number of nitrogens with zero attached hydrogens (tertiary/aromatic N) is 1. The molecule has 74 valence electrons. The van der Waals surface area contributed by atoms with Crippen molar-refractivity contribution in [2.45, 2.75) is 6.92 Å². The van der Waals surface area contributed by atoms with Crippen LogP contribution in [0.1, 0.15) is 5.69 Å². The minimum Gasteiger partial charge on any atom is -0.264 e. The zero-order valence-corrected chi connectivity index (χ0v) is 8.25. The number of hydrogen-bond donors (Lipinski definition) is 2. The summed E-state index contributed by atoms with van der Waals surface area (Å²) < 4.78 is 31.6. The summed E-state index contributed by atoms with van der Waals surface area (Å²) in [7, 11) is -4.67. The van der Waals surface area contributed by atoms with E-state index >= 15 is 0 Å². The molecule has 13 heavy (non-hydrogen) atoms. The lowest BCUT2D eigenvalue weighted by atomic mass is 10.4. The first kappa shape index (κ1) is 12.3. The summed E-state index contributed by atoms with van der Waals surface area (Å²) in [5.41, 5.74) is 0.956. The molecule has 0 amide bonds. The second kappa shape index (κ2) is 5.13. The quantitative estimate of drug-likeness (QED) is 0.515. The molecular formula is C6H8ClNO4S. The summed E-state index contributed by atoms with van der Waals surface area (Å²) >= 11 is 5.53. The van der Waals surface area contributed by atoms with Crippen molar-refractivity contribution in [2.24, 2.45) is 0 Å². The Morgan fingerprint density at radius 1 is 1.38 bits per heavy atom. The van der Waals surface area contributed by atoms with Crippen molar-refractivity contribution in [3.8, 4) is 0 Å². The van der Waals surface area contributed by atoms with Crippen LogP contribution in [0.15, 0.2) is 18.2 Å². The molecule has 5 nitrogen and oxygen atoms in total. The Hall–Kier alpha value is -0.690. The smallest absolute Gasteiger partial charge is 0.264 e. The Bertz CT molecular complexity index is 339. The van der Waals surface area contributed by atoms with Crippen LogP contribution in [0.4, 0.5) is 0 Å². The zero-order valence-electron chi connectivity index (χ0n) is 6.68. The highest BCUT2D eigenvalue weighted by Crippen LogP contribution is 2.02. The van der Waals surface area contributed by atoms with Gasteiger partial charge in [0.2, 0.25) is 0 Å². The lowest BCUT2D eigenvalue weighted by Crippen LogP contribution is -1.89. The second-order valence-corrected chi connectivity index (χ2v) is 3.33. The second-order valence-electron chi connectivity index (χ2n) is 2.05. The summed E-state index contributed by atoms with van der Waals surface area (Å²) in [6.45, 7) is 1.91. The summed E-state index contributed by atoms with van der Waals surface area (Å²) in [5, 5.41) is 0.560. The fourth-order valence-corrected chi connectivity index (χ4v) is 0.716. The number of pyridine rings is 1. The van der Waals surface area contributed by atoms with Gasteiger partial charge in [0.25, 0.3) is 0 Å². The maximum Gasteiger partial charge on any atom is 0.394 e. The minimum atomic E-state index is -4.67. The number of aromatic nitrogens is 1.